The molecule has 0 unspecified atom stereocenters. The first kappa shape index (κ1) is 32.8. The summed E-state index contributed by atoms with van der Waals surface area (Å²) in [5, 5.41) is 40.3. The van der Waals surface area contributed by atoms with Crippen LogP contribution in [0.3, 0.4) is 0 Å². The third kappa shape index (κ3) is 6.94. The van der Waals surface area contributed by atoms with Gasteiger partial charge in [-0.05, 0) is 106 Å². The van der Waals surface area contributed by atoms with Gasteiger partial charge in [-0.25, -0.2) is 0 Å². The summed E-state index contributed by atoms with van der Waals surface area (Å²) in [5.74, 6) is 0. The Hall–Kier alpha value is -6.14. The maximum absolute atomic E-state index is 9.49. The molecule has 5 nitrogen and oxygen atoms in total. The summed E-state index contributed by atoms with van der Waals surface area (Å²) in [6, 6.07) is 31.7. The zero-order valence-corrected chi connectivity index (χ0v) is 28.4. The van der Waals surface area contributed by atoms with E-state index in [-0.39, 0.29) is 22.0 Å². The van der Waals surface area contributed by atoms with Crippen molar-refractivity contribution in [2.24, 2.45) is 10.8 Å². The van der Waals surface area contributed by atoms with Crippen molar-refractivity contribution in [1.82, 2.24) is 4.57 Å². The van der Waals surface area contributed by atoms with Gasteiger partial charge in [0, 0.05) is 16.5 Å². The molecule has 6 rings (SSSR count). The van der Waals surface area contributed by atoms with Crippen LogP contribution in [-0.4, -0.2) is 4.57 Å². The van der Waals surface area contributed by atoms with Crippen LogP contribution in [-0.2, 0) is 0 Å². The molecule has 1 heterocycles. The van der Waals surface area contributed by atoms with Crippen LogP contribution in [0.15, 0.2) is 124 Å². The largest absolute Gasteiger partial charge is 0.309 e. The third-order valence-corrected chi connectivity index (χ3v) is 9.32. The molecule has 49 heavy (non-hydrogen) atoms. The van der Waals surface area contributed by atoms with Gasteiger partial charge in [0.15, 0.2) is 0 Å². The fourth-order valence-corrected chi connectivity index (χ4v) is 7.31. The minimum Gasteiger partial charge on any atom is -0.309 e. The quantitative estimate of drug-likeness (QED) is 0.204. The minimum absolute atomic E-state index is 0.0469. The van der Waals surface area contributed by atoms with Crippen molar-refractivity contribution in [3.63, 3.8) is 0 Å². The van der Waals surface area contributed by atoms with E-state index in [2.05, 4.69) is 142 Å². The first-order valence-electron chi connectivity index (χ1n) is 16.5. The molecule has 0 fully saturated rings. The maximum atomic E-state index is 9.49. The normalized spacial score (nSPS) is 16.9. The second-order valence-electron chi connectivity index (χ2n) is 14.6. The van der Waals surface area contributed by atoms with Gasteiger partial charge in [-0.1, -0.05) is 94.5 Å². The third-order valence-electron chi connectivity index (χ3n) is 9.32. The minimum atomic E-state index is -0.0469. The van der Waals surface area contributed by atoms with E-state index in [1.807, 2.05) is 18.2 Å². The lowest BCUT2D eigenvalue weighted by atomic mass is 9.74. The number of rotatable bonds is 5. The van der Waals surface area contributed by atoms with Crippen LogP contribution in [0.1, 0.15) is 64.5 Å². The lowest BCUT2D eigenvalue weighted by Crippen LogP contribution is -2.17. The molecular formula is C44H37N5. The Morgan fingerprint density at radius 1 is 0.571 bits per heavy atom. The van der Waals surface area contributed by atoms with Crippen molar-refractivity contribution in [3.8, 4) is 30.0 Å². The zero-order chi connectivity index (χ0) is 34.8. The molecule has 238 valence electrons. The van der Waals surface area contributed by atoms with E-state index in [9.17, 15) is 21.0 Å². The Morgan fingerprint density at radius 2 is 1.00 bits per heavy atom. The monoisotopic (exact) mass is 635 g/mol. The van der Waals surface area contributed by atoms with Gasteiger partial charge >= 0.3 is 0 Å². The molecule has 2 aliphatic carbocycles. The van der Waals surface area contributed by atoms with Gasteiger partial charge in [0.25, 0.3) is 0 Å². The second-order valence-corrected chi connectivity index (χ2v) is 14.6. The van der Waals surface area contributed by atoms with E-state index >= 15 is 0 Å². The molecular weight excluding hydrogens is 599 g/mol. The van der Waals surface area contributed by atoms with Crippen LogP contribution in [0.4, 0.5) is 0 Å². The van der Waals surface area contributed by atoms with E-state index < -0.39 is 0 Å². The molecule has 0 amide bonds. The standard InChI is InChI=1S/C44H37N5/c1-43(2)22-32(18-34(24-43)36(26-45)27-46)12-10-30-14-16-41-39(20-30)40-21-31(15-17-42(40)49(41)38-8-6-5-7-9-38)11-13-33-19-35(37(28-47)29-48)25-44(3,4)23-33/h5-21H,22-25H2,1-4H3/b12-10+,13-11+. The van der Waals surface area contributed by atoms with Gasteiger partial charge in [0.05, 0.1) is 11.0 Å². The fraction of sp³-hybridized carbons (Fsp3) is 0.227. The van der Waals surface area contributed by atoms with Gasteiger partial charge in [-0.3, -0.25) is 0 Å². The highest BCUT2D eigenvalue weighted by molar-refractivity contribution is 6.10. The summed E-state index contributed by atoms with van der Waals surface area (Å²) in [6.07, 6.45) is 15.6. The lowest BCUT2D eigenvalue weighted by molar-refractivity contribution is 0.354. The molecule has 0 aliphatic heterocycles. The van der Waals surface area contributed by atoms with Crippen LogP contribution in [0.25, 0.3) is 39.6 Å². The zero-order valence-electron chi connectivity index (χ0n) is 28.4. The topological polar surface area (TPSA) is 100 Å². The number of nitriles is 4. The summed E-state index contributed by atoms with van der Waals surface area (Å²) in [6.45, 7) is 8.70. The fourth-order valence-electron chi connectivity index (χ4n) is 7.31. The van der Waals surface area contributed by atoms with E-state index in [0.29, 0.717) is 12.8 Å². The van der Waals surface area contributed by atoms with E-state index in [1.165, 1.54) is 0 Å². The molecule has 0 saturated heterocycles. The summed E-state index contributed by atoms with van der Waals surface area (Å²) in [4.78, 5) is 0. The molecule has 0 N–H and O–H groups in total. The van der Waals surface area contributed by atoms with Gasteiger partial charge in [-0.15, -0.1) is 0 Å². The molecule has 1 aromatic heterocycles. The van der Waals surface area contributed by atoms with Gasteiger partial charge < -0.3 is 4.57 Å². The Morgan fingerprint density at radius 3 is 1.41 bits per heavy atom. The molecule has 0 saturated carbocycles. The number of benzene rings is 3. The van der Waals surface area contributed by atoms with E-state index in [0.717, 1.165) is 73.8 Å². The smallest absolute Gasteiger partial charge is 0.132 e. The number of hydrogen-bond donors (Lipinski definition) is 0. The van der Waals surface area contributed by atoms with Crippen LogP contribution >= 0.6 is 0 Å². The predicted octanol–water partition coefficient (Wildman–Crippen LogP) is 11.0. The summed E-state index contributed by atoms with van der Waals surface area (Å²) in [7, 11) is 0. The Bertz CT molecular complexity index is 2180. The van der Waals surface area contributed by atoms with Crippen LogP contribution < -0.4 is 0 Å². The van der Waals surface area contributed by atoms with E-state index in [4.69, 9.17) is 0 Å². The highest BCUT2D eigenvalue weighted by Gasteiger charge is 2.27. The molecule has 0 spiro atoms. The first-order chi connectivity index (χ1) is 23.5. The first-order valence-corrected chi connectivity index (χ1v) is 16.5. The second kappa shape index (κ2) is 13.2. The van der Waals surface area contributed by atoms with Gasteiger partial charge in [0.1, 0.15) is 35.4 Å². The highest BCUT2D eigenvalue weighted by atomic mass is 15.0. The molecule has 2 aliphatic rings. The average Bonchev–Trinajstić information content (AvgIpc) is 3.39. The predicted molar refractivity (Wildman–Crippen MR) is 198 cm³/mol. The van der Waals surface area contributed by atoms with Crippen LogP contribution in [0, 0.1) is 56.2 Å². The highest BCUT2D eigenvalue weighted by Crippen LogP contribution is 2.41. The van der Waals surface area contributed by atoms with Crippen molar-refractivity contribution in [3.05, 3.63) is 136 Å². The van der Waals surface area contributed by atoms with Gasteiger partial charge in [0.2, 0.25) is 0 Å². The van der Waals surface area contributed by atoms with Crippen LogP contribution in [0.5, 0.6) is 0 Å². The Labute approximate surface area is 288 Å². The number of fused-ring (bicyclic) bond motifs is 3. The van der Waals surface area contributed by atoms with Crippen LogP contribution in [0.2, 0.25) is 0 Å². The number of nitrogens with zero attached hydrogens (tertiary/aromatic N) is 5. The maximum Gasteiger partial charge on any atom is 0.132 e. The lowest BCUT2D eigenvalue weighted by Gasteiger charge is -2.30. The summed E-state index contributed by atoms with van der Waals surface area (Å²) in [5.41, 5.74) is 9.54. The number of para-hydroxylation sites is 1. The van der Waals surface area contributed by atoms with Crippen molar-refractivity contribution in [1.29, 1.82) is 21.0 Å². The molecule has 3 aromatic carbocycles. The molecule has 0 bridgehead atoms. The number of aromatic nitrogens is 1. The summed E-state index contributed by atoms with van der Waals surface area (Å²) < 4.78 is 2.30. The van der Waals surface area contributed by atoms with E-state index in [1.54, 1.807) is 0 Å². The Balaban J connectivity index is 1.43. The SMILES string of the molecule is CC1(C)CC(/C=C/c2ccc3c(c2)c2cc(/C=C/C4=CC(=C(C#N)C#N)CC(C)(C)C4)ccc2n3-c2ccccc2)=CC(=C(C#N)C#N)C1. The number of hydrogen-bond acceptors (Lipinski definition) is 4. The van der Waals surface area contributed by atoms with Crippen molar-refractivity contribution in [2.75, 3.05) is 0 Å². The Kier molecular flexibility index (Phi) is 8.81. The molecule has 0 atom stereocenters. The number of allylic oxidation sites excluding steroid dienone is 10. The summed E-state index contributed by atoms with van der Waals surface area (Å²) >= 11 is 0. The van der Waals surface area contributed by atoms with Crippen molar-refractivity contribution >= 4 is 34.0 Å². The molecule has 4 aromatic rings. The van der Waals surface area contributed by atoms with Crippen molar-refractivity contribution in [2.45, 2.75) is 53.4 Å². The molecule has 0 radical (unpaired) electrons. The average molecular weight is 636 g/mol. The van der Waals surface area contributed by atoms with Gasteiger partial charge in [-0.2, -0.15) is 21.0 Å². The van der Waals surface area contributed by atoms with Crippen molar-refractivity contribution < 1.29 is 0 Å². The molecule has 5 heteroatoms.